The molecule has 3 aromatic rings. The molecule has 0 unspecified atom stereocenters. The molecule has 0 bridgehead atoms. The van der Waals surface area contributed by atoms with Crippen LogP contribution < -0.4 is 20.7 Å². The SMILES string of the molecule is Cc1cccc(OCCCC(=O)N2CCCc3c(-c4cccc(COC(=O)N[C@@H](CCC(=O)O)C(N)=O)c4)cccc32)c1C. The lowest BCUT2D eigenvalue weighted by Crippen LogP contribution is -2.44. The number of alkyl carbamates (subject to hydrolysis) is 1. The third kappa shape index (κ3) is 8.37. The number of nitrogens with zero attached hydrogens (tertiary/aromatic N) is 1. The van der Waals surface area contributed by atoms with Crippen LogP contribution in [0.5, 0.6) is 5.75 Å². The molecule has 1 atom stereocenters. The van der Waals surface area contributed by atoms with Crippen LogP contribution in [0, 0.1) is 13.8 Å². The molecule has 0 aliphatic carbocycles. The van der Waals surface area contributed by atoms with Gasteiger partial charge in [-0.1, -0.05) is 42.5 Å². The van der Waals surface area contributed by atoms with E-state index in [0.29, 0.717) is 26.0 Å². The number of ether oxygens (including phenoxy) is 2. The fraction of sp³-hybridized carbons (Fsp3) is 0.353. The Hall–Kier alpha value is -4.86. The smallest absolute Gasteiger partial charge is 0.408 e. The Bertz CT molecular complexity index is 1520. The quantitative estimate of drug-likeness (QED) is 0.232. The van der Waals surface area contributed by atoms with Crippen LogP contribution in [0.3, 0.4) is 0 Å². The minimum atomic E-state index is -1.14. The first kappa shape index (κ1) is 32.1. The van der Waals surface area contributed by atoms with E-state index in [1.165, 1.54) is 5.56 Å². The molecular formula is C34H39N3O7. The van der Waals surface area contributed by atoms with E-state index in [0.717, 1.165) is 52.1 Å². The van der Waals surface area contributed by atoms with Crippen LogP contribution in [-0.4, -0.2) is 48.2 Å². The Kier molecular flexibility index (Phi) is 11.0. The molecule has 1 aliphatic rings. The Labute approximate surface area is 257 Å². The number of aliphatic carboxylic acids is 1. The predicted molar refractivity (Wildman–Crippen MR) is 166 cm³/mol. The number of aryl methyl sites for hydroxylation is 1. The summed E-state index contributed by atoms with van der Waals surface area (Å²) in [4.78, 5) is 49.8. The van der Waals surface area contributed by atoms with E-state index < -0.39 is 24.0 Å². The monoisotopic (exact) mass is 601 g/mol. The van der Waals surface area contributed by atoms with Crippen LogP contribution in [0.25, 0.3) is 11.1 Å². The van der Waals surface area contributed by atoms with Crippen molar-refractivity contribution in [3.63, 3.8) is 0 Å². The number of nitrogens with two attached hydrogens (primary N) is 1. The lowest BCUT2D eigenvalue weighted by molar-refractivity contribution is -0.137. The molecular weight excluding hydrogens is 562 g/mol. The molecule has 1 aliphatic heterocycles. The van der Waals surface area contributed by atoms with Crippen molar-refractivity contribution in [1.82, 2.24) is 5.32 Å². The number of carbonyl (C=O) groups is 4. The Balaban J connectivity index is 1.38. The number of carboxylic acids is 1. The molecule has 0 radical (unpaired) electrons. The van der Waals surface area contributed by atoms with Crippen LogP contribution in [0.15, 0.2) is 60.7 Å². The lowest BCUT2D eigenvalue weighted by Gasteiger charge is -2.31. The Morgan fingerprint density at radius 2 is 1.80 bits per heavy atom. The molecule has 10 nitrogen and oxygen atoms in total. The molecule has 0 fully saturated rings. The van der Waals surface area contributed by atoms with Crippen molar-refractivity contribution in [2.45, 2.75) is 65.0 Å². The van der Waals surface area contributed by atoms with Gasteiger partial charge in [0, 0.05) is 25.1 Å². The van der Waals surface area contributed by atoms with Crippen molar-refractivity contribution >= 4 is 29.6 Å². The molecule has 0 spiro atoms. The molecule has 10 heteroatoms. The molecule has 1 heterocycles. The number of benzene rings is 3. The molecule has 4 rings (SSSR count). The van der Waals surface area contributed by atoms with E-state index >= 15 is 0 Å². The van der Waals surface area contributed by atoms with Gasteiger partial charge in [0.15, 0.2) is 0 Å². The number of hydrogen-bond donors (Lipinski definition) is 3. The van der Waals surface area contributed by atoms with Crippen LogP contribution >= 0.6 is 0 Å². The first-order valence-electron chi connectivity index (χ1n) is 14.8. The maximum atomic E-state index is 13.3. The van der Waals surface area contributed by atoms with E-state index in [1.807, 2.05) is 79.4 Å². The van der Waals surface area contributed by atoms with Gasteiger partial charge in [-0.3, -0.25) is 14.4 Å². The van der Waals surface area contributed by atoms with E-state index in [9.17, 15) is 19.2 Å². The molecule has 44 heavy (non-hydrogen) atoms. The number of anilines is 1. The highest BCUT2D eigenvalue weighted by molar-refractivity contribution is 5.96. The van der Waals surface area contributed by atoms with Gasteiger partial charge in [-0.05, 0) is 91.1 Å². The summed E-state index contributed by atoms with van der Waals surface area (Å²) in [5.41, 5.74) is 12.2. The van der Waals surface area contributed by atoms with Gasteiger partial charge >= 0.3 is 12.1 Å². The molecule has 0 saturated heterocycles. The summed E-state index contributed by atoms with van der Waals surface area (Å²) in [6.45, 7) is 5.15. The largest absolute Gasteiger partial charge is 0.493 e. The first-order chi connectivity index (χ1) is 21.1. The molecule has 3 amide bonds. The topological polar surface area (TPSA) is 148 Å². The standard InChI is InChI=1S/C34H39N3O7/c1-22-8-3-14-30(23(22)2)43-19-7-15-31(38)37-18-6-12-27-26(11-5-13-29(27)37)25-10-4-9-24(20-25)21-44-34(42)36-28(33(35)41)16-17-32(39)40/h3-5,8-11,13-14,20,28H,6-7,12,15-19,21H2,1-2H3,(H2,35,41)(H,36,42)(H,39,40)/t28-/m0/s1. The molecule has 4 N–H and O–H groups in total. The van der Waals surface area contributed by atoms with Crippen LogP contribution in [0.1, 0.15) is 54.4 Å². The Morgan fingerprint density at radius 1 is 1.02 bits per heavy atom. The second kappa shape index (κ2) is 15.0. The van der Waals surface area contributed by atoms with Gasteiger partial charge in [0.1, 0.15) is 18.4 Å². The van der Waals surface area contributed by atoms with E-state index in [1.54, 1.807) is 0 Å². The molecule has 3 aromatic carbocycles. The van der Waals surface area contributed by atoms with Crippen LogP contribution in [0.2, 0.25) is 0 Å². The van der Waals surface area contributed by atoms with Crippen molar-refractivity contribution in [3.05, 3.63) is 82.9 Å². The fourth-order valence-corrected chi connectivity index (χ4v) is 5.29. The molecule has 0 aromatic heterocycles. The third-order valence-corrected chi connectivity index (χ3v) is 7.79. The second-order valence-corrected chi connectivity index (χ2v) is 10.9. The maximum absolute atomic E-state index is 13.3. The van der Waals surface area contributed by atoms with Gasteiger partial charge in [0.2, 0.25) is 11.8 Å². The number of primary amides is 1. The minimum absolute atomic E-state index is 0.0616. The van der Waals surface area contributed by atoms with Crippen LogP contribution in [0.4, 0.5) is 10.5 Å². The third-order valence-electron chi connectivity index (χ3n) is 7.79. The predicted octanol–water partition coefficient (Wildman–Crippen LogP) is 5.05. The zero-order chi connectivity index (χ0) is 31.6. The van der Waals surface area contributed by atoms with Crippen molar-refractivity contribution in [2.24, 2.45) is 5.73 Å². The summed E-state index contributed by atoms with van der Waals surface area (Å²) in [6, 6.07) is 18.4. The van der Waals surface area contributed by atoms with Crippen molar-refractivity contribution < 1.29 is 33.8 Å². The number of nitrogens with one attached hydrogen (secondary N) is 1. The second-order valence-electron chi connectivity index (χ2n) is 10.9. The summed E-state index contributed by atoms with van der Waals surface area (Å²) in [7, 11) is 0. The zero-order valence-corrected chi connectivity index (χ0v) is 25.1. The number of fused-ring (bicyclic) bond motifs is 1. The maximum Gasteiger partial charge on any atom is 0.408 e. The highest BCUT2D eigenvalue weighted by Crippen LogP contribution is 2.36. The van der Waals surface area contributed by atoms with E-state index in [4.69, 9.17) is 20.3 Å². The summed E-state index contributed by atoms with van der Waals surface area (Å²) >= 11 is 0. The summed E-state index contributed by atoms with van der Waals surface area (Å²) in [5, 5.41) is 11.2. The van der Waals surface area contributed by atoms with Crippen molar-refractivity contribution in [1.29, 1.82) is 0 Å². The summed E-state index contributed by atoms with van der Waals surface area (Å²) < 4.78 is 11.2. The number of rotatable bonds is 13. The van der Waals surface area contributed by atoms with Gasteiger partial charge in [-0.2, -0.15) is 0 Å². The van der Waals surface area contributed by atoms with Gasteiger partial charge in [-0.15, -0.1) is 0 Å². The zero-order valence-electron chi connectivity index (χ0n) is 25.1. The van der Waals surface area contributed by atoms with E-state index in [-0.39, 0.29) is 25.4 Å². The van der Waals surface area contributed by atoms with E-state index in [2.05, 4.69) is 5.32 Å². The summed E-state index contributed by atoms with van der Waals surface area (Å²) in [5.74, 6) is -1.02. The Morgan fingerprint density at radius 3 is 2.57 bits per heavy atom. The van der Waals surface area contributed by atoms with Crippen molar-refractivity contribution in [3.8, 4) is 16.9 Å². The minimum Gasteiger partial charge on any atom is -0.493 e. The molecule has 232 valence electrons. The number of hydrogen-bond acceptors (Lipinski definition) is 6. The number of carboxylic acid groups (broad SMARTS) is 1. The normalized spacial score (nSPS) is 13.0. The number of amides is 3. The van der Waals surface area contributed by atoms with Gasteiger partial charge in [0.25, 0.3) is 0 Å². The summed E-state index contributed by atoms with van der Waals surface area (Å²) in [6.07, 6.45) is 1.37. The average Bonchev–Trinajstić information content (AvgIpc) is 3.01. The molecule has 0 saturated carbocycles. The van der Waals surface area contributed by atoms with Gasteiger partial charge in [-0.25, -0.2) is 4.79 Å². The van der Waals surface area contributed by atoms with Crippen molar-refractivity contribution in [2.75, 3.05) is 18.1 Å². The average molecular weight is 602 g/mol. The fourth-order valence-electron chi connectivity index (χ4n) is 5.29. The highest BCUT2D eigenvalue weighted by atomic mass is 16.5. The van der Waals surface area contributed by atoms with Crippen LogP contribution in [-0.2, 0) is 32.1 Å². The van der Waals surface area contributed by atoms with Gasteiger partial charge < -0.3 is 30.5 Å². The number of carbonyl (C=O) groups excluding carboxylic acids is 3. The highest BCUT2D eigenvalue weighted by Gasteiger charge is 2.25. The van der Waals surface area contributed by atoms with Gasteiger partial charge in [0.05, 0.1) is 6.61 Å². The lowest BCUT2D eigenvalue weighted by atomic mass is 9.91. The first-order valence-corrected chi connectivity index (χ1v) is 14.8.